The van der Waals surface area contributed by atoms with Gasteiger partial charge < -0.3 is 4.74 Å². The molecule has 0 N–H and O–H groups in total. The third-order valence-corrected chi connectivity index (χ3v) is 2.37. The van der Waals surface area contributed by atoms with Crippen molar-refractivity contribution in [2.75, 3.05) is 7.11 Å². The highest BCUT2D eigenvalue weighted by atomic mass is 16.5. The number of hydrogen-bond donors (Lipinski definition) is 0. The predicted octanol–water partition coefficient (Wildman–Crippen LogP) is 2.57. The second-order valence-electron chi connectivity index (χ2n) is 3.16. The Morgan fingerprint density at radius 1 is 1.33 bits per heavy atom. The fraction of sp³-hybridized carbons (Fsp3) is 0.455. The van der Waals surface area contributed by atoms with Crippen LogP contribution in [0.5, 0.6) is 5.75 Å². The lowest BCUT2D eigenvalue weighted by Gasteiger charge is -2.15. The Labute approximate surface area is 74.8 Å². The average molecular weight is 163 g/mol. The predicted molar refractivity (Wildman–Crippen MR) is 49.6 cm³/mol. The molecule has 2 rings (SSSR count). The second-order valence-corrected chi connectivity index (χ2v) is 3.16. The summed E-state index contributed by atoms with van der Waals surface area (Å²) in [4.78, 5) is 0. The summed E-state index contributed by atoms with van der Waals surface area (Å²) in [5.41, 5.74) is 2.48. The van der Waals surface area contributed by atoms with Crippen LogP contribution in [0.3, 0.4) is 0 Å². The first-order valence-electron chi connectivity index (χ1n) is 4.98. The van der Waals surface area contributed by atoms with Gasteiger partial charge in [0.1, 0.15) is 5.75 Å². The zero-order valence-electron chi connectivity index (χ0n) is 8.34. The summed E-state index contributed by atoms with van der Waals surface area (Å²) in [7, 11) is 1.67. The maximum atomic E-state index is 7.87. The highest BCUT2D eigenvalue weighted by Crippen LogP contribution is 2.24. The van der Waals surface area contributed by atoms with Gasteiger partial charge in [0.25, 0.3) is 0 Å². The molecule has 0 amide bonds. The summed E-state index contributed by atoms with van der Waals surface area (Å²) < 4.78 is 13.0. The van der Waals surface area contributed by atoms with Crippen LogP contribution in [0.4, 0.5) is 0 Å². The van der Waals surface area contributed by atoms with Gasteiger partial charge in [0, 0.05) is 1.37 Å². The van der Waals surface area contributed by atoms with Crippen LogP contribution in [0, 0.1) is 0 Å². The standard InChI is InChI=1S/C11H14O/c1-12-11-7-6-9-4-2-3-5-10(9)8-11/h6-8H,2-5H2,1H3/i5D. The monoisotopic (exact) mass is 163 g/mol. The lowest BCUT2D eigenvalue weighted by Crippen LogP contribution is -2.02. The minimum atomic E-state index is -0.0427. The molecule has 0 saturated heterocycles. The van der Waals surface area contributed by atoms with Crippen LogP contribution in [0.25, 0.3) is 0 Å². The minimum Gasteiger partial charge on any atom is -0.497 e. The topological polar surface area (TPSA) is 9.23 Å². The van der Waals surface area contributed by atoms with E-state index < -0.39 is 0 Å². The van der Waals surface area contributed by atoms with E-state index in [1.54, 1.807) is 7.11 Å². The summed E-state index contributed by atoms with van der Waals surface area (Å²) in [6, 6.07) is 6.08. The third kappa shape index (κ3) is 1.31. The van der Waals surface area contributed by atoms with Gasteiger partial charge >= 0.3 is 0 Å². The first-order valence-corrected chi connectivity index (χ1v) is 4.40. The van der Waals surface area contributed by atoms with E-state index in [2.05, 4.69) is 6.07 Å². The summed E-state index contributed by atoms with van der Waals surface area (Å²) in [6.45, 7) is 0. The fourth-order valence-corrected chi connectivity index (χ4v) is 1.67. The Kier molecular flexibility index (Phi) is 1.73. The highest BCUT2D eigenvalue weighted by molar-refractivity contribution is 5.36. The quantitative estimate of drug-likeness (QED) is 0.618. The molecule has 0 heterocycles. The molecule has 0 saturated carbocycles. The van der Waals surface area contributed by atoms with Crippen molar-refractivity contribution in [2.24, 2.45) is 0 Å². The molecule has 0 radical (unpaired) electrons. The SMILES string of the molecule is [2H]C1CCCc2ccc(OC)cc21. The second kappa shape index (κ2) is 3.18. The van der Waals surface area contributed by atoms with E-state index in [0.29, 0.717) is 0 Å². The molecule has 1 aromatic rings. The molecule has 1 heteroatoms. The molecule has 12 heavy (non-hydrogen) atoms. The Balaban J connectivity index is 2.41. The van der Waals surface area contributed by atoms with Crippen LogP contribution < -0.4 is 4.74 Å². The van der Waals surface area contributed by atoms with E-state index in [-0.39, 0.29) is 6.40 Å². The molecule has 64 valence electrons. The maximum Gasteiger partial charge on any atom is 0.119 e. The maximum absolute atomic E-state index is 7.87. The first kappa shape index (κ1) is 6.53. The Bertz CT molecular complexity index is 309. The van der Waals surface area contributed by atoms with Gasteiger partial charge in [0.2, 0.25) is 0 Å². The Hall–Kier alpha value is -0.980. The van der Waals surface area contributed by atoms with Crippen LogP contribution in [0.1, 0.15) is 25.3 Å². The first-order chi connectivity index (χ1) is 6.31. The number of benzene rings is 1. The zero-order chi connectivity index (χ0) is 9.26. The van der Waals surface area contributed by atoms with Crippen molar-refractivity contribution in [3.8, 4) is 5.75 Å². The van der Waals surface area contributed by atoms with Crippen molar-refractivity contribution in [1.29, 1.82) is 0 Å². The molecule has 0 bridgehead atoms. The third-order valence-electron chi connectivity index (χ3n) is 2.37. The van der Waals surface area contributed by atoms with Gasteiger partial charge in [0.15, 0.2) is 0 Å². The number of aryl methyl sites for hydroxylation is 2. The minimum absolute atomic E-state index is 0.0427. The highest BCUT2D eigenvalue weighted by Gasteiger charge is 2.08. The summed E-state index contributed by atoms with van der Waals surface area (Å²) >= 11 is 0. The summed E-state index contributed by atoms with van der Waals surface area (Å²) in [5, 5.41) is 0. The van der Waals surface area contributed by atoms with E-state index in [1.165, 1.54) is 5.56 Å². The van der Waals surface area contributed by atoms with Crippen LogP contribution in [-0.2, 0) is 12.8 Å². The smallest absolute Gasteiger partial charge is 0.119 e. The molecule has 1 unspecified atom stereocenters. The molecule has 0 spiro atoms. The zero-order valence-corrected chi connectivity index (χ0v) is 7.34. The van der Waals surface area contributed by atoms with E-state index in [9.17, 15) is 0 Å². The summed E-state index contributed by atoms with van der Waals surface area (Å²) in [5.74, 6) is 0.873. The van der Waals surface area contributed by atoms with Gasteiger partial charge in [-0.15, -0.1) is 0 Å². The lowest BCUT2D eigenvalue weighted by molar-refractivity contribution is 0.413. The molecule has 1 nitrogen and oxygen atoms in total. The van der Waals surface area contributed by atoms with Crippen LogP contribution in [-0.4, -0.2) is 7.11 Å². The average Bonchev–Trinajstić information content (AvgIpc) is 2.18. The number of methoxy groups -OCH3 is 1. The van der Waals surface area contributed by atoms with Gasteiger partial charge in [-0.25, -0.2) is 0 Å². The molecule has 0 fully saturated rings. The Morgan fingerprint density at radius 3 is 3.08 bits per heavy atom. The molecule has 0 aromatic heterocycles. The van der Waals surface area contributed by atoms with Crippen LogP contribution in [0.15, 0.2) is 18.2 Å². The molecular formula is C11H14O. The number of rotatable bonds is 1. The molecule has 1 aliphatic rings. The normalized spacial score (nSPS) is 22.8. The van der Waals surface area contributed by atoms with Crippen LogP contribution >= 0.6 is 0 Å². The molecular weight excluding hydrogens is 148 g/mol. The molecule has 1 aliphatic carbocycles. The number of fused-ring (bicyclic) bond motifs is 1. The van der Waals surface area contributed by atoms with E-state index >= 15 is 0 Å². The van der Waals surface area contributed by atoms with Crippen molar-refractivity contribution in [3.63, 3.8) is 0 Å². The number of ether oxygens (including phenoxy) is 1. The van der Waals surface area contributed by atoms with Gasteiger partial charge in [-0.05, 0) is 48.9 Å². The fourth-order valence-electron chi connectivity index (χ4n) is 1.67. The van der Waals surface area contributed by atoms with Crippen molar-refractivity contribution >= 4 is 0 Å². The van der Waals surface area contributed by atoms with Gasteiger partial charge in [-0.2, -0.15) is 0 Å². The molecule has 1 aromatic carbocycles. The number of hydrogen-bond acceptors (Lipinski definition) is 1. The summed E-state index contributed by atoms with van der Waals surface area (Å²) in [6.07, 6.45) is 3.21. The lowest BCUT2D eigenvalue weighted by atomic mass is 9.92. The van der Waals surface area contributed by atoms with E-state index in [0.717, 1.165) is 30.6 Å². The van der Waals surface area contributed by atoms with Crippen molar-refractivity contribution in [1.82, 2.24) is 0 Å². The van der Waals surface area contributed by atoms with Gasteiger partial charge in [-0.3, -0.25) is 0 Å². The largest absolute Gasteiger partial charge is 0.497 e. The van der Waals surface area contributed by atoms with Gasteiger partial charge in [0.05, 0.1) is 7.11 Å². The van der Waals surface area contributed by atoms with E-state index in [4.69, 9.17) is 6.11 Å². The molecule has 1 atom stereocenters. The van der Waals surface area contributed by atoms with Gasteiger partial charge in [-0.1, -0.05) is 6.07 Å². The Morgan fingerprint density at radius 2 is 2.25 bits per heavy atom. The van der Waals surface area contributed by atoms with Crippen LogP contribution in [0.2, 0.25) is 0 Å². The van der Waals surface area contributed by atoms with Crippen molar-refractivity contribution in [3.05, 3.63) is 29.3 Å². The van der Waals surface area contributed by atoms with Crippen molar-refractivity contribution < 1.29 is 6.11 Å². The van der Waals surface area contributed by atoms with E-state index in [1.807, 2.05) is 12.1 Å². The molecule has 0 aliphatic heterocycles. The van der Waals surface area contributed by atoms with Crippen molar-refractivity contribution in [2.45, 2.75) is 25.7 Å².